The molecule has 6 nitrogen and oxygen atoms in total. The van der Waals surface area contributed by atoms with Gasteiger partial charge < -0.3 is 10.2 Å². The molecule has 3 heterocycles. The molecule has 0 aliphatic carbocycles. The highest BCUT2D eigenvalue weighted by atomic mass is 35.5. The topological polar surface area (TPSA) is 62.5 Å². The molecular formula is C27H27ClFN5O. The fourth-order valence-electron chi connectivity index (χ4n) is 4.53. The number of hydrogen-bond acceptors (Lipinski definition) is 4. The van der Waals surface area contributed by atoms with Gasteiger partial charge in [0.1, 0.15) is 11.6 Å². The third-order valence-corrected chi connectivity index (χ3v) is 6.89. The second-order valence-corrected chi connectivity index (χ2v) is 9.54. The minimum absolute atomic E-state index is 0.00171. The number of aromatic nitrogens is 3. The third kappa shape index (κ3) is 5.00. The van der Waals surface area contributed by atoms with E-state index in [1.54, 1.807) is 6.07 Å². The number of aryl methyl sites for hydroxylation is 2. The Kier molecular flexibility index (Phi) is 6.43. The molecule has 0 atom stereocenters. The number of fused-ring (bicyclic) bond motifs is 1. The summed E-state index contributed by atoms with van der Waals surface area (Å²) in [6.45, 7) is 5.83. The number of nitrogens with zero attached hydrogens (tertiary/aromatic N) is 4. The Morgan fingerprint density at radius 1 is 1.09 bits per heavy atom. The normalized spacial score (nSPS) is 14.5. The number of rotatable bonds is 5. The van der Waals surface area contributed by atoms with Crippen molar-refractivity contribution in [1.29, 1.82) is 0 Å². The number of halogens is 2. The van der Waals surface area contributed by atoms with Crippen LogP contribution in [-0.2, 0) is 11.3 Å². The lowest BCUT2D eigenvalue weighted by Crippen LogP contribution is -2.41. The van der Waals surface area contributed by atoms with Crippen molar-refractivity contribution in [2.75, 3.05) is 18.0 Å². The zero-order chi connectivity index (χ0) is 24.5. The summed E-state index contributed by atoms with van der Waals surface area (Å²) in [5.74, 6) is 0.523. The molecule has 0 radical (unpaired) electrons. The minimum Gasteiger partial charge on any atom is -0.356 e. The molecule has 5 rings (SSSR count). The van der Waals surface area contributed by atoms with E-state index < -0.39 is 0 Å². The first-order valence-corrected chi connectivity index (χ1v) is 12.2. The summed E-state index contributed by atoms with van der Waals surface area (Å²) >= 11 is 6.08. The van der Waals surface area contributed by atoms with Crippen LogP contribution in [0.4, 0.5) is 10.2 Å². The highest BCUT2D eigenvalue weighted by Crippen LogP contribution is 2.27. The van der Waals surface area contributed by atoms with Gasteiger partial charge >= 0.3 is 0 Å². The van der Waals surface area contributed by atoms with Gasteiger partial charge in [-0.2, -0.15) is 9.61 Å². The van der Waals surface area contributed by atoms with Gasteiger partial charge in [-0.25, -0.2) is 9.37 Å². The molecule has 1 amide bonds. The Morgan fingerprint density at radius 3 is 2.54 bits per heavy atom. The van der Waals surface area contributed by atoms with Gasteiger partial charge in [0.15, 0.2) is 5.65 Å². The van der Waals surface area contributed by atoms with E-state index in [9.17, 15) is 9.18 Å². The van der Waals surface area contributed by atoms with Gasteiger partial charge in [0.2, 0.25) is 5.91 Å². The lowest BCUT2D eigenvalue weighted by molar-refractivity contribution is -0.125. The Bertz CT molecular complexity index is 1380. The summed E-state index contributed by atoms with van der Waals surface area (Å²) in [6, 6.07) is 16.6. The SMILES string of the molecule is Cc1ccc(-c2cc3nc(C)cc(N4CCC(C(=O)NCc5ccc(F)cc5Cl)CC4)n3n2)cc1. The summed E-state index contributed by atoms with van der Waals surface area (Å²) in [6.07, 6.45) is 1.47. The predicted octanol–water partition coefficient (Wildman–Crippen LogP) is 5.34. The monoisotopic (exact) mass is 491 g/mol. The second kappa shape index (κ2) is 9.66. The molecular weight excluding hydrogens is 465 g/mol. The standard InChI is InChI=1S/C27H27ClFN5O/c1-17-3-5-19(6-4-17)24-15-25-31-18(2)13-26(34(25)32-24)33-11-9-20(10-12-33)27(35)30-16-21-7-8-22(29)14-23(21)28/h3-8,13-15,20H,9-12,16H2,1-2H3,(H,30,35). The maximum absolute atomic E-state index is 13.3. The molecule has 2 aromatic carbocycles. The maximum atomic E-state index is 13.3. The number of nitrogens with one attached hydrogen (secondary N) is 1. The summed E-state index contributed by atoms with van der Waals surface area (Å²) in [7, 11) is 0. The van der Waals surface area contributed by atoms with Crippen LogP contribution in [0.5, 0.6) is 0 Å². The minimum atomic E-state index is -0.388. The number of piperidine rings is 1. The molecule has 1 N–H and O–H groups in total. The van der Waals surface area contributed by atoms with E-state index in [2.05, 4.69) is 52.5 Å². The Hall–Kier alpha value is -3.45. The lowest BCUT2D eigenvalue weighted by Gasteiger charge is -2.33. The highest BCUT2D eigenvalue weighted by molar-refractivity contribution is 6.31. The zero-order valence-corrected chi connectivity index (χ0v) is 20.5. The summed E-state index contributed by atoms with van der Waals surface area (Å²) in [4.78, 5) is 19.7. The fourth-order valence-corrected chi connectivity index (χ4v) is 4.77. The van der Waals surface area contributed by atoms with E-state index in [0.29, 0.717) is 10.6 Å². The molecule has 0 bridgehead atoms. The number of carbonyl (C=O) groups is 1. The van der Waals surface area contributed by atoms with Crippen LogP contribution in [0.3, 0.4) is 0 Å². The van der Waals surface area contributed by atoms with Crippen molar-refractivity contribution < 1.29 is 9.18 Å². The molecule has 1 aliphatic rings. The van der Waals surface area contributed by atoms with Crippen LogP contribution in [-0.4, -0.2) is 33.6 Å². The molecule has 0 saturated carbocycles. The predicted molar refractivity (Wildman–Crippen MR) is 136 cm³/mol. The Labute approximate surface area is 208 Å². The smallest absolute Gasteiger partial charge is 0.223 e. The van der Waals surface area contributed by atoms with Crippen LogP contribution < -0.4 is 10.2 Å². The van der Waals surface area contributed by atoms with Crippen molar-refractivity contribution in [3.8, 4) is 11.3 Å². The van der Waals surface area contributed by atoms with Gasteiger partial charge in [-0.1, -0.05) is 47.5 Å². The number of carbonyl (C=O) groups excluding carboxylic acids is 1. The molecule has 1 aliphatic heterocycles. The third-order valence-electron chi connectivity index (χ3n) is 6.54. The summed E-state index contributed by atoms with van der Waals surface area (Å²) in [5.41, 5.74) is 5.60. The molecule has 2 aromatic heterocycles. The van der Waals surface area contributed by atoms with Crippen LogP contribution >= 0.6 is 11.6 Å². The molecule has 0 spiro atoms. The molecule has 1 saturated heterocycles. The molecule has 4 aromatic rings. The van der Waals surface area contributed by atoms with Gasteiger partial charge in [-0.3, -0.25) is 4.79 Å². The summed E-state index contributed by atoms with van der Waals surface area (Å²) < 4.78 is 15.2. The van der Waals surface area contributed by atoms with Crippen LogP contribution in [0, 0.1) is 25.6 Å². The van der Waals surface area contributed by atoms with Gasteiger partial charge in [-0.15, -0.1) is 0 Å². The van der Waals surface area contributed by atoms with Crippen LogP contribution in [0.1, 0.15) is 29.7 Å². The average molecular weight is 492 g/mol. The molecule has 35 heavy (non-hydrogen) atoms. The van der Waals surface area contributed by atoms with Crippen LogP contribution in [0.15, 0.2) is 54.6 Å². The van der Waals surface area contributed by atoms with Crippen molar-refractivity contribution in [3.63, 3.8) is 0 Å². The van der Waals surface area contributed by atoms with E-state index in [1.165, 1.54) is 17.7 Å². The maximum Gasteiger partial charge on any atom is 0.223 e. The first kappa shape index (κ1) is 23.3. The van der Waals surface area contributed by atoms with E-state index in [0.717, 1.165) is 54.3 Å². The second-order valence-electron chi connectivity index (χ2n) is 9.14. The van der Waals surface area contributed by atoms with Crippen molar-refractivity contribution in [2.45, 2.75) is 33.2 Å². The summed E-state index contributed by atoms with van der Waals surface area (Å²) in [5, 5.41) is 8.13. The fraction of sp³-hybridized carbons (Fsp3) is 0.296. The molecule has 8 heteroatoms. The van der Waals surface area contributed by atoms with Gasteiger partial charge in [0.05, 0.1) is 5.69 Å². The number of anilines is 1. The highest BCUT2D eigenvalue weighted by Gasteiger charge is 2.27. The number of hydrogen-bond donors (Lipinski definition) is 1. The zero-order valence-electron chi connectivity index (χ0n) is 19.8. The van der Waals surface area contributed by atoms with Crippen molar-refractivity contribution in [3.05, 3.63) is 82.3 Å². The quantitative estimate of drug-likeness (QED) is 0.409. The van der Waals surface area contributed by atoms with Gasteiger partial charge in [0.25, 0.3) is 0 Å². The average Bonchev–Trinajstić information content (AvgIpc) is 3.27. The van der Waals surface area contributed by atoms with Crippen LogP contribution in [0.2, 0.25) is 5.02 Å². The van der Waals surface area contributed by atoms with Gasteiger partial charge in [0, 0.05) is 54.0 Å². The largest absolute Gasteiger partial charge is 0.356 e. The lowest BCUT2D eigenvalue weighted by atomic mass is 9.95. The van der Waals surface area contributed by atoms with Crippen molar-refractivity contribution in [2.24, 2.45) is 5.92 Å². The van der Waals surface area contributed by atoms with E-state index in [1.807, 2.05) is 17.5 Å². The number of amides is 1. The van der Waals surface area contributed by atoms with Gasteiger partial charge in [-0.05, 0) is 44.4 Å². The van der Waals surface area contributed by atoms with Crippen LogP contribution in [0.25, 0.3) is 16.9 Å². The molecule has 180 valence electrons. The first-order valence-electron chi connectivity index (χ1n) is 11.8. The Balaban J connectivity index is 1.28. The first-order chi connectivity index (χ1) is 16.9. The van der Waals surface area contributed by atoms with Crippen molar-refractivity contribution in [1.82, 2.24) is 19.9 Å². The molecule has 0 unspecified atom stereocenters. The molecule has 1 fully saturated rings. The van der Waals surface area contributed by atoms with E-state index in [4.69, 9.17) is 16.7 Å². The van der Waals surface area contributed by atoms with E-state index in [-0.39, 0.29) is 24.2 Å². The number of benzene rings is 2. The van der Waals surface area contributed by atoms with E-state index >= 15 is 0 Å². The van der Waals surface area contributed by atoms with Crippen molar-refractivity contribution >= 4 is 29.0 Å². The Morgan fingerprint density at radius 2 is 1.83 bits per heavy atom.